The number of aliphatic imine (C=N–C) groups is 1. The molecule has 1 aliphatic heterocycles. The van der Waals surface area contributed by atoms with Gasteiger partial charge in [0, 0.05) is 39.3 Å². The molecule has 0 saturated carbocycles. The second-order valence-electron chi connectivity index (χ2n) is 7.27. The second-order valence-corrected chi connectivity index (χ2v) is 7.27. The van der Waals surface area contributed by atoms with E-state index < -0.39 is 0 Å². The van der Waals surface area contributed by atoms with E-state index in [0.717, 1.165) is 67.8 Å². The van der Waals surface area contributed by atoms with Gasteiger partial charge in [-0.05, 0) is 48.2 Å². The third kappa shape index (κ3) is 5.03. The summed E-state index contributed by atoms with van der Waals surface area (Å²) in [6.07, 6.45) is 4.76. The molecule has 0 amide bonds. The number of ether oxygens (including phenoxy) is 2. The third-order valence-electron chi connectivity index (χ3n) is 5.47. The molecule has 1 aliphatic rings. The van der Waals surface area contributed by atoms with Crippen molar-refractivity contribution in [3.63, 3.8) is 0 Å². The fourth-order valence-corrected chi connectivity index (χ4v) is 3.90. The molecule has 8 nitrogen and oxygen atoms in total. The van der Waals surface area contributed by atoms with Crippen LogP contribution in [0, 0.1) is 0 Å². The number of pyridine rings is 1. The van der Waals surface area contributed by atoms with Gasteiger partial charge in [0.15, 0.2) is 23.1 Å². The van der Waals surface area contributed by atoms with Crippen molar-refractivity contribution in [3.05, 3.63) is 53.5 Å². The first-order valence-corrected chi connectivity index (χ1v) is 10.2. The molecule has 0 spiro atoms. The Morgan fingerprint density at radius 1 is 1.13 bits per heavy atom. The molecule has 2 aromatic heterocycles. The normalized spacial score (nSPS) is 13.5. The summed E-state index contributed by atoms with van der Waals surface area (Å²) in [6.45, 7) is 2.53. The van der Waals surface area contributed by atoms with Crippen molar-refractivity contribution < 1.29 is 9.47 Å². The Morgan fingerprint density at radius 2 is 1.90 bits per heavy atom. The van der Waals surface area contributed by atoms with Gasteiger partial charge in [0.2, 0.25) is 0 Å². The number of halogens is 1. The first kappa shape index (κ1) is 23.1. The first-order chi connectivity index (χ1) is 14.7. The highest BCUT2D eigenvalue weighted by molar-refractivity contribution is 14.0. The third-order valence-corrected chi connectivity index (χ3v) is 5.47. The molecule has 0 saturated heterocycles. The fourth-order valence-electron chi connectivity index (χ4n) is 3.90. The summed E-state index contributed by atoms with van der Waals surface area (Å²) in [5, 5.41) is 12.0. The van der Waals surface area contributed by atoms with E-state index in [-0.39, 0.29) is 24.0 Å². The molecule has 0 atom stereocenters. The zero-order valence-electron chi connectivity index (χ0n) is 18.2. The van der Waals surface area contributed by atoms with E-state index in [1.165, 1.54) is 11.1 Å². The molecule has 0 fully saturated rings. The number of methoxy groups -OCH3 is 2. The quantitative estimate of drug-likeness (QED) is 0.226. The first-order valence-electron chi connectivity index (χ1n) is 10.2. The van der Waals surface area contributed by atoms with Gasteiger partial charge in [0.1, 0.15) is 5.82 Å². The highest BCUT2D eigenvalue weighted by Crippen LogP contribution is 2.33. The van der Waals surface area contributed by atoms with Crippen LogP contribution in [0.3, 0.4) is 0 Å². The molecule has 1 aromatic carbocycles. The molecule has 166 valence electrons. The van der Waals surface area contributed by atoms with Crippen molar-refractivity contribution in [2.75, 3.05) is 34.4 Å². The number of guanidine groups is 1. The fraction of sp³-hybridized carbons (Fsp3) is 0.409. The van der Waals surface area contributed by atoms with Crippen LogP contribution >= 0.6 is 24.0 Å². The molecule has 4 rings (SSSR count). The molecular formula is C22H29IN6O2. The van der Waals surface area contributed by atoms with Crippen molar-refractivity contribution in [1.29, 1.82) is 0 Å². The Hall–Kier alpha value is -2.56. The van der Waals surface area contributed by atoms with Gasteiger partial charge in [-0.3, -0.25) is 9.39 Å². The lowest BCUT2D eigenvalue weighted by Crippen LogP contribution is -2.44. The molecular weight excluding hydrogens is 507 g/mol. The predicted octanol–water partition coefficient (Wildman–Crippen LogP) is 2.93. The van der Waals surface area contributed by atoms with Crippen molar-refractivity contribution in [1.82, 2.24) is 24.8 Å². The van der Waals surface area contributed by atoms with E-state index in [2.05, 4.69) is 37.5 Å². The van der Waals surface area contributed by atoms with Gasteiger partial charge in [0.05, 0.1) is 14.2 Å². The zero-order valence-corrected chi connectivity index (χ0v) is 20.5. The molecule has 0 aliphatic carbocycles. The highest BCUT2D eigenvalue weighted by atomic mass is 127. The predicted molar refractivity (Wildman–Crippen MR) is 132 cm³/mol. The Labute approximate surface area is 199 Å². The molecule has 0 bridgehead atoms. The Bertz CT molecular complexity index is 1050. The van der Waals surface area contributed by atoms with Crippen LogP contribution in [0.1, 0.15) is 23.4 Å². The van der Waals surface area contributed by atoms with Crippen LogP contribution in [0.25, 0.3) is 5.65 Å². The number of nitrogens with zero attached hydrogens (tertiary/aromatic N) is 5. The van der Waals surface area contributed by atoms with Gasteiger partial charge >= 0.3 is 0 Å². The van der Waals surface area contributed by atoms with E-state index in [1.54, 1.807) is 14.2 Å². The van der Waals surface area contributed by atoms with Gasteiger partial charge in [-0.25, -0.2) is 0 Å². The molecule has 0 radical (unpaired) electrons. The molecule has 31 heavy (non-hydrogen) atoms. The van der Waals surface area contributed by atoms with Crippen molar-refractivity contribution >= 4 is 35.6 Å². The summed E-state index contributed by atoms with van der Waals surface area (Å²) in [7, 11) is 5.18. The Morgan fingerprint density at radius 3 is 2.65 bits per heavy atom. The highest BCUT2D eigenvalue weighted by Gasteiger charge is 2.21. The van der Waals surface area contributed by atoms with Crippen molar-refractivity contribution in [3.8, 4) is 11.5 Å². The molecule has 1 N–H and O–H groups in total. The number of fused-ring (bicyclic) bond motifs is 2. The molecule has 3 heterocycles. The zero-order chi connectivity index (χ0) is 20.9. The summed E-state index contributed by atoms with van der Waals surface area (Å²) >= 11 is 0. The maximum atomic E-state index is 5.47. The summed E-state index contributed by atoms with van der Waals surface area (Å²) in [5.41, 5.74) is 3.44. The minimum atomic E-state index is 0. The maximum absolute atomic E-state index is 5.47. The van der Waals surface area contributed by atoms with Gasteiger partial charge in [-0.1, -0.05) is 6.07 Å². The largest absolute Gasteiger partial charge is 0.493 e. The standard InChI is InChI=1S/C22H28N6O2.HI/c1-23-22(24-10-6-8-21-26-25-20-7-4-5-11-28(20)21)27-12-9-16-13-18(29-2)19(30-3)14-17(16)15-27;/h4-5,7,11,13-14H,6,8-10,12,15H2,1-3H3,(H,23,24);1H. The number of aromatic nitrogens is 3. The van der Waals surface area contributed by atoms with Crippen molar-refractivity contribution in [2.24, 2.45) is 4.99 Å². The molecule has 9 heteroatoms. The monoisotopic (exact) mass is 536 g/mol. The van der Waals surface area contributed by atoms with E-state index >= 15 is 0 Å². The summed E-state index contributed by atoms with van der Waals surface area (Å²) < 4.78 is 12.9. The maximum Gasteiger partial charge on any atom is 0.193 e. The second kappa shape index (κ2) is 10.7. The lowest BCUT2D eigenvalue weighted by atomic mass is 9.99. The van der Waals surface area contributed by atoms with Crippen LogP contribution < -0.4 is 14.8 Å². The van der Waals surface area contributed by atoms with Gasteiger partial charge in [0.25, 0.3) is 0 Å². The van der Waals surface area contributed by atoms with Gasteiger partial charge in [-0.2, -0.15) is 0 Å². The summed E-state index contributed by atoms with van der Waals surface area (Å²) in [4.78, 5) is 6.77. The minimum absolute atomic E-state index is 0. The average molecular weight is 536 g/mol. The number of nitrogens with one attached hydrogen (secondary N) is 1. The van der Waals surface area contributed by atoms with Crippen LogP contribution in [-0.4, -0.2) is 59.8 Å². The Kier molecular flexibility index (Phi) is 7.94. The van der Waals surface area contributed by atoms with Gasteiger partial charge < -0.3 is 19.7 Å². The number of aryl methyl sites for hydroxylation is 1. The van der Waals surface area contributed by atoms with Crippen LogP contribution in [-0.2, 0) is 19.4 Å². The summed E-state index contributed by atoms with van der Waals surface area (Å²) in [5.74, 6) is 3.45. The van der Waals surface area contributed by atoms with Crippen LogP contribution in [0.5, 0.6) is 11.5 Å². The van der Waals surface area contributed by atoms with Crippen LogP contribution in [0.15, 0.2) is 41.5 Å². The molecule has 3 aromatic rings. The lowest BCUT2D eigenvalue weighted by Gasteiger charge is -2.32. The van der Waals surface area contributed by atoms with E-state index in [4.69, 9.17) is 9.47 Å². The number of hydrogen-bond donors (Lipinski definition) is 1. The van der Waals surface area contributed by atoms with E-state index in [1.807, 2.05) is 35.8 Å². The summed E-state index contributed by atoms with van der Waals surface area (Å²) in [6, 6.07) is 10.1. The van der Waals surface area contributed by atoms with Crippen LogP contribution in [0.2, 0.25) is 0 Å². The van der Waals surface area contributed by atoms with Crippen LogP contribution in [0.4, 0.5) is 0 Å². The van der Waals surface area contributed by atoms with Gasteiger partial charge in [-0.15, -0.1) is 34.2 Å². The SMILES string of the molecule is CN=C(NCCCc1nnc2ccccn12)N1CCc2cc(OC)c(OC)cc2C1.I. The number of hydrogen-bond acceptors (Lipinski definition) is 5. The Balaban J connectivity index is 0.00000272. The number of rotatable bonds is 6. The smallest absolute Gasteiger partial charge is 0.193 e. The van der Waals surface area contributed by atoms with E-state index in [0.29, 0.717) is 0 Å². The average Bonchev–Trinajstić information content (AvgIpc) is 3.21. The number of benzene rings is 1. The molecule has 0 unspecified atom stereocenters. The topological polar surface area (TPSA) is 76.3 Å². The van der Waals surface area contributed by atoms with Crippen molar-refractivity contribution in [2.45, 2.75) is 25.8 Å². The lowest BCUT2D eigenvalue weighted by molar-refractivity contribution is 0.346. The minimum Gasteiger partial charge on any atom is -0.493 e. The van der Waals surface area contributed by atoms with E-state index in [9.17, 15) is 0 Å².